The number of hydrogen-bond donors (Lipinski definition) is 1. The lowest BCUT2D eigenvalue weighted by molar-refractivity contribution is 0.250. The van der Waals surface area contributed by atoms with Crippen LogP contribution in [0.3, 0.4) is 0 Å². The highest BCUT2D eigenvalue weighted by molar-refractivity contribution is 5.37. The highest BCUT2D eigenvalue weighted by Crippen LogP contribution is 2.25. The van der Waals surface area contributed by atoms with Gasteiger partial charge in [-0.1, -0.05) is 6.07 Å². The first kappa shape index (κ1) is 10.5. The molecule has 0 radical (unpaired) electrons. The fourth-order valence-corrected chi connectivity index (χ4v) is 2.52. The fraction of sp³-hybridized carbons (Fsp3) is 0.500. The Balaban J connectivity index is 2.03. The van der Waals surface area contributed by atoms with Crippen LogP contribution in [0.25, 0.3) is 5.65 Å². The third-order valence-electron chi connectivity index (χ3n) is 3.55. The van der Waals surface area contributed by atoms with Crippen molar-refractivity contribution >= 4 is 5.65 Å². The SMILES string of the molecule is CN1CCC(c2n[nH]c3cccc(=O)n23)CC1. The number of likely N-dealkylation sites (tertiary alicyclic amines) is 1. The zero-order valence-electron chi connectivity index (χ0n) is 9.89. The van der Waals surface area contributed by atoms with Gasteiger partial charge in [-0.15, -0.1) is 0 Å². The molecule has 0 aliphatic carbocycles. The van der Waals surface area contributed by atoms with Gasteiger partial charge in [0.15, 0.2) is 0 Å². The van der Waals surface area contributed by atoms with Crippen LogP contribution in [0.4, 0.5) is 0 Å². The summed E-state index contributed by atoms with van der Waals surface area (Å²) in [6, 6.07) is 5.22. The van der Waals surface area contributed by atoms with Crippen molar-refractivity contribution in [1.82, 2.24) is 19.5 Å². The lowest BCUT2D eigenvalue weighted by atomic mass is 9.96. The molecule has 3 heterocycles. The van der Waals surface area contributed by atoms with Crippen LogP contribution in [0.15, 0.2) is 23.0 Å². The summed E-state index contributed by atoms with van der Waals surface area (Å²) in [6.07, 6.45) is 2.13. The highest BCUT2D eigenvalue weighted by atomic mass is 16.1. The van der Waals surface area contributed by atoms with E-state index >= 15 is 0 Å². The summed E-state index contributed by atoms with van der Waals surface area (Å²) in [5.41, 5.74) is 0.789. The maximum absolute atomic E-state index is 11.9. The van der Waals surface area contributed by atoms with Crippen LogP contribution in [0, 0.1) is 0 Å². The minimum atomic E-state index is 0.00479. The topological polar surface area (TPSA) is 53.4 Å². The van der Waals surface area contributed by atoms with E-state index in [2.05, 4.69) is 22.1 Å². The maximum atomic E-state index is 11.9. The normalized spacial score (nSPS) is 18.9. The van der Waals surface area contributed by atoms with Gasteiger partial charge in [-0.2, -0.15) is 5.10 Å². The van der Waals surface area contributed by atoms with Crippen molar-refractivity contribution in [2.75, 3.05) is 20.1 Å². The van der Waals surface area contributed by atoms with Gasteiger partial charge in [0.1, 0.15) is 11.5 Å². The zero-order valence-corrected chi connectivity index (χ0v) is 9.89. The van der Waals surface area contributed by atoms with Crippen molar-refractivity contribution in [2.24, 2.45) is 0 Å². The molecule has 0 spiro atoms. The maximum Gasteiger partial charge on any atom is 0.257 e. The van der Waals surface area contributed by atoms with Crippen molar-refractivity contribution < 1.29 is 0 Å². The molecular weight excluding hydrogens is 216 g/mol. The van der Waals surface area contributed by atoms with Crippen molar-refractivity contribution in [3.8, 4) is 0 Å². The first-order chi connectivity index (χ1) is 8.25. The molecule has 3 rings (SSSR count). The predicted molar refractivity (Wildman–Crippen MR) is 65.3 cm³/mol. The molecule has 0 atom stereocenters. The Morgan fingerprint density at radius 1 is 1.35 bits per heavy atom. The first-order valence-electron chi connectivity index (χ1n) is 6.00. The monoisotopic (exact) mass is 232 g/mol. The third-order valence-corrected chi connectivity index (χ3v) is 3.55. The first-order valence-corrected chi connectivity index (χ1v) is 6.00. The van der Waals surface area contributed by atoms with Crippen molar-refractivity contribution in [2.45, 2.75) is 18.8 Å². The minimum Gasteiger partial charge on any atom is -0.306 e. The van der Waals surface area contributed by atoms with Crippen LogP contribution < -0.4 is 5.56 Å². The summed E-state index contributed by atoms with van der Waals surface area (Å²) < 4.78 is 1.70. The Labute approximate surface area is 99.1 Å². The van der Waals surface area contributed by atoms with Crippen LogP contribution in [-0.2, 0) is 0 Å². The van der Waals surface area contributed by atoms with Gasteiger partial charge in [-0.3, -0.25) is 9.89 Å². The Morgan fingerprint density at radius 3 is 2.88 bits per heavy atom. The number of aromatic nitrogens is 3. The molecule has 0 saturated carbocycles. The van der Waals surface area contributed by atoms with Gasteiger partial charge < -0.3 is 4.90 Å². The number of nitrogens with zero attached hydrogens (tertiary/aromatic N) is 3. The Morgan fingerprint density at radius 2 is 2.12 bits per heavy atom. The highest BCUT2D eigenvalue weighted by Gasteiger charge is 2.23. The van der Waals surface area contributed by atoms with E-state index < -0.39 is 0 Å². The summed E-state index contributed by atoms with van der Waals surface area (Å²) >= 11 is 0. The molecule has 1 saturated heterocycles. The predicted octanol–water partition coefficient (Wildman–Crippen LogP) is 0.832. The number of rotatable bonds is 1. The Kier molecular flexibility index (Phi) is 2.48. The van der Waals surface area contributed by atoms with Crippen LogP contribution >= 0.6 is 0 Å². The molecule has 1 aliphatic heterocycles. The molecule has 2 aromatic rings. The van der Waals surface area contributed by atoms with Gasteiger partial charge in [0.25, 0.3) is 5.56 Å². The summed E-state index contributed by atoms with van der Waals surface area (Å²) in [7, 11) is 2.13. The van der Waals surface area contributed by atoms with Crippen molar-refractivity contribution in [3.63, 3.8) is 0 Å². The number of aromatic amines is 1. The van der Waals surface area contributed by atoms with E-state index in [0.29, 0.717) is 5.92 Å². The molecule has 1 aliphatic rings. The van der Waals surface area contributed by atoms with Gasteiger partial charge in [-0.25, -0.2) is 4.40 Å². The smallest absolute Gasteiger partial charge is 0.257 e. The standard InChI is InChI=1S/C12H16N4O/c1-15-7-5-9(6-8-15)12-14-13-10-3-2-4-11(17)16(10)12/h2-4,9,13H,5-8H2,1H3. The van der Waals surface area contributed by atoms with E-state index in [-0.39, 0.29) is 5.56 Å². The molecule has 0 amide bonds. The lowest BCUT2D eigenvalue weighted by Gasteiger charge is -2.27. The van der Waals surface area contributed by atoms with E-state index in [1.807, 2.05) is 6.07 Å². The van der Waals surface area contributed by atoms with E-state index in [9.17, 15) is 4.79 Å². The number of H-pyrrole nitrogens is 1. The molecule has 1 N–H and O–H groups in total. The summed E-state index contributed by atoms with van der Waals surface area (Å²) in [5.74, 6) is 1.28. The van der Waals surface area contributed by atoms with E-state index in [0.717, 1.165) is 37.4 Å². The van der Waals surface area contributed by atoms with E-state index in [4.69, 9.17) is 0 Å². The minimum absolute atomic E-state index is 0.00479. The summed E-state index contributed by atoms with van der Waals surface area (Å²) in [5, 5.41) is 7.26. The molecular formula is C12H16N4O. The molecule has 0 aromatic carbocycles. The average Bonchev–Trinajstić information content (AvgIpc) is 2.75. The van der Waals surface area contributed by atoms with E-state index in [1.54, 1.807) is 16.5 Å². The number of pyridine rings is 1. The number of piperidine rings is 1. The molecule has 5 nitrogen and oxygen atoms in total. The van der Waals surface area contributed by atoms with Gasteiger partial charge >= 0.3 is 0 Å². The second kappa shape index (κ2) is 4.00. The van der Waals surface area contributed by atoms with Crippen molar-refractivity contribution in [1.29, 1.82) is 0 Å². The van der Waals surface area contributed by atoms with E-state index in [1.165, 1.54) is 0 Å². The van der Waals surface area contributed by atoms with Gasteiger partial charge in [-0.05, 0) is 39.0 Å². The number of nitrogens with one attached hydrogen (secondary N) is 1. The molecule has 0 bridgehead atoms. The van der Waals surface area contributed by atoms with Gasteiger partial charge in [0.2, 0.25) is 0 Å². The molecule has 1 fully saturated rings. The largest absolute Gasteiger partial charge is 0.306 e. The average molecular weight is 232 g/mol. The number of fused-ring (bicyclic) bond motifs is 1. The molecule has 2 aromatic heterocycles. The number of hydrogen-bond acceptors (Lipinski definition) is 3. The molecule has 5 heteroatoms. The quantitative estimate of drug-likeness (QED) is 0.792. The second-order valence-corrected chi connectivity index (χ2v) is 4.74. The Bertz CT molecular complexity index is 577. The summed E-state index contributed by atoms with van der Waals surface area (Å²) in [6.45, 7) is 2.14. The fourth-order valence-electron chi connectivity index (χ4n) is 2.52. The molecule has 90 valence electrons. The third kappa shape index (κ3) is 1.76. The Hall–Kier alpha value is -1.62. The van der Waals surface area contributed by atoms with Crippen LogP contribution in [0.1, 0.15) is 24.6 Å². The van der Waals surface area contributed by atoms with Crippen LogP contribution in [0.2, 0.25) is 0 Å². The molecule has 0 unspecified atom stereocenters. The summed E-state index contributed by atoms with van der Waals surface area (Å²) in [4.78, 5) is 14.2. The van der Waals surface area contributed by atoms with Gasteiger partial charge in [0, 0.05) is 12.0 Å². The lowest BCUT2D eigenvalue weighted by Crippen LogP contribution is -2.30. The van der Waals surface area contributed by atoms with Crippen molar-refractivity contribution in [3.05, 3.63) is 34.4 Å². The van der Waals surface area contributed by atoms with Gasteiger partial charge in [0.05, 0.1) is 0 Å². The zero-order chi connectivity index (χ0) is 11.8. The molecule has 17 heavy (non-hydrogen) atoms. The van der Waals surface area contributed by atoms with Crippen LogP contribution in [-0.4, -0.2) is 39.6 Å². The van der Waals surface area contributed by atoms with Crippen LogP contribution in [0.5, 0.6) is 0 Å². The second-order valence-electron chi connectivity index (χ2n) is 4.74.